The van der Waals surface area contributed by atoms with E-state index >= 15 is 0 Å². The Hall–Kier alpha value is -1.25. The van der Waals surface area contributed by atoms with Crippen LogP contribution in [0.1, 0.15) is 31.1 Å². The summed E-state index contributed by atoms with van der Waals surface area (Å²) in [6, 6.07) is 13.5. The van der Waals surface area contributed by atoms with E-state index in [9.17, 15) is 13.6 Å². The molecule has 0 aliphatic heterocycles. The number of anilines is 1. The number of benzene rings is 2. The van der Waals surface area contributed by atoms with E-state index in [0.29, 0.717) is 17.0 Å². The van der Waals surface area contributed by atoms with Crippen LogP contribution >= 0.6 is 31.9 Å². The summed E-state index contributed by atoms with van der Waals surface area (Å²) >= 11 is 5.70. The minimum absolute atomic E-state index is 0.0833. The highest BCUT2D eigenvalue weighted by Crippen LogP contribution is 2.41. The van der Waals surface area contributed by atoms with Crippen LogP contribution in [-0.2, 0) is 0 Å². The number of rotatable bonds is 6. The molecule has 0 saturated heterocycles. The van der Waals surface area contributed by atoms with Crippen molar-refractivity contribution in [2.75, 3.05) is 11.4 Å². The molecule has 8 heteroatoms. The molecular weight excluding hydrogens is 524 g/mol. The third-order valence-corrected chi connectivity index (χ3v) is 10.1. The molecule has 0 atom stereocenters. The molecule has 2 rings (SSSR count). The maximum absolute atomic E-state index is 13.9. The monoisotopic (exact) mass is 547 g/mol. The Labute approximate surface area is 188 Å². The number of carbonyl (C=O) groups is 1. The molecule has 29 heavy (non-hydrogen) atoms. The van der Waals surface area contributed by atoms with E-state index < -0.39 is 25.6 Å². The first kappa shape index (κ1) is 24.0. The van der Waals surface area contributed by atoms with Crippen molar-refractivity contribution in [2.45, 2.75) is 43.7 Å². The van der Waals surface area contributed by atoms with Crippen LogP contribution in [0.25, 0.3) is 0 Å². The lowest BCUT2D eigenvalue weighted by molar-refractivity contribution is 0.0904. The van der Waals surface area contributed by atoms with E-state index in [1.54, 1.807) is 48.5 Å². The molecule has 158 valence electrons. The van der Waals surface area contributed by atoms with Gasteiger partial charge in [-0.05, 0) is 70.5 Å². The summed E-state index contributed by atoms with van der Waals surface area (Å²) in [5.74, 6) is -0.0933. The number of hydrogen-bond acceptors (Lipinski definition) is 2. The van der Waals surface area contributed by atoms with Crippen LogP contribution in [0.15, 0.2) is 53.0 Å². The lowest BCUT2D eigenvalue weighted by Crippen LogP contribution is -2.45. The fraction of sp³-hybridized carbons (Fsp3) is 0.381. The van der Waals surface area contributed by atoms with Crippen molar-refractivity contribution in [3.05, 3.63) is 58.6 Å². The molecule has 2 aromatic carbocycles. The first-order chi connectivity index (χ1) is 13.2. The second kappa shape index (κ2) is 8.86. The molecule has 0 N–H and O–H groups in total. The van der Waals surface area contributed by atoms with Crippen LogP contribution in [0.4, 0.5) is 14.5 Å². The van der Waals surface area contributed by atoms with E-state index in [-0.39, 0.29) is 5.04 Å². The fourth-order valence-electron chi connectivity index (χ4n) is 2.39. The Bertz CT molecular complexity index is 862. The summed E-state index contributed by atoms with van der Waals surface area (Å²) in [6.07, 6.45) is 0. The summed E-state index contributed by atoms with van der Waals surface area (Å²) in [7, 11) is -2.25. The van der Waals surface area contributed by atoms with E-state index in [4.69, 9.17) is 4.43 Å². The van der Waals surface area contributed by atoms with Gasteiger partial charge in [0.05, 0.1) is 5.69 Å². The molecule has 2 aromatic rings. The number of halogens is 4. The lowest BCUT2D eigenvalue weighted by Gasteiger charge is -2.38. The van der Waals surface area contributed by atoms with Gasteiger partial charge in [-0.1, -0.05) is 48.8 Å². The Balaban J connectivity index is 2.52. The van der Waals surface area contributed by atoms with Crippen LogP contribution in [-0.4, -0.2) is 25.6 Å². The van der Waals surface area contributed by atoms with Crippen LogP contribution in [0.2, 0.25) is 18.1 Å². The first-order valence-corrected chi connectivity index (χ1v) is 13.6. The minimum atomic E-state index is -3.25. The van der Waals surface area contributed by atoms with Crippen molar-refractivity contribution in [1.82, 2.24) is 0 Å². The Morgan fingerprint density at radius 2 is 1.62 bits per heavy atom. The summed E-state index contributed by atoms with van der Waals surface area (Å²) in [6.45, 7) is 9.62. The summed E-state index contributed by atoms with van der Waals surface area (Å²) in [5.41, 5.74) is 0.636. The van der Waals surface area contributed by atoms with Gasteiger partial charge in [-0.3, -0.25) is 9.69 Å². The second-order valence-electron chi connectivity index (χ2n) is 8.34. The Kier molecular flexibility index (Phi) is 7.33. The quantitative estimate of drug-likeness (QED) is 0.277. The van der Waals surface area contributed by atoms with Crippen LogP contribution in [0, 0.1) is 0 Å². The highest BCUT2D eigenvalue weighted by Gasteiger charge is 2.40. The van der Waals surface area contributed by atoms with Crippen LogP contribution in [0.5, 0.6) is 5.75 Å². The summed E-state index contributed by atoms with van der Waals surface area (Å²) in [5, 5.41) is -0.0833. The maximum atomic E-state index is 13.9. The van der Waals surface area contributed by atoms with E-state index in [1.807, 2.05) is 0 Å². The number of carbonyl (C=O) groups excluding carboxylic acids is 1. The standard InChI is InChI=1S/C21H25Br2F2NO2Si/c1-20(2,3)29(4,5)28-18-9-7-6-8-17(18)26(14-21(23,24)25)19(27)15-10-12-16(22)13-11-15/h6-13H,14H2,1-5H3. The van der Waals surface area contributed by atoms with E-state index in [2.05, 4.69) is 65.7 Å². The number of amides is 1. The predicted octanol–water partition coefficient (Wildman–Crippen LogP) is 7.47. The van der Waals surface area contributed by atoms with Gasteiger partial charge >= 0.3 is 4.83 Å². The fourth-order valence-corrected chi connectivity index (χ4v) is 3.93. The zero-order valence-electron chi connectivity index (χ0n) is 17.1. The molecule has 0 aliphatic carbocycles. The third kappa shape index (κ3) is 6.36. The zero-order chi connectivity index (χ0) is 22.0. The van der Waals surface area contributed by atoms with E-state index in [0.717, 1.165) is 9.37 Å². The van der Waals surface area contributed by atoms with Gasteiger partial charge < -0.3 is 4.43 Å². The van der Waals surface area contributed by atoms with Gasteiger partial charge in [-0.15, -0.1) is 0 Å². The van der Waals surface area contributed by atoms with Crippen molar-refractivity contribution < 1.29 is 18.0 Å². The van der Waals surface area contributed by atoms with Crippen LogP contribution < -0.4 is 9.33 Å². The second-order valence-corrected chi connectivity index (χ2v) is 15.1. The molecule has 1 amide bonds. The Morgan fingerprint density at radius 3 is 2.14 bits per heavy atom. The first-order valence-electron chi connectivity index (χ1n) is 9.13. The molecule has 0 aliphatic rings. The zero-order valence-corrected chi connectivity index (χ0v) is 21.3. The topological polar surface area (TPSA) is 29.5 Å². The molecule has 0 fully saturated rings. The molecule has 0 unspecified atom stereocenters. The molecule has 3 nitrogen and oxygen atoms in total. The lowest BCUT2D eigenvalue weighted by atomic mass is 10.1. The highest BCUT2D eigenvalue weighted by atomic mass is 79.9. The number of hydrogen-bond donors (Lipinski definition) is 0. The average molecular weight is 549 g/mol. The van der Waals surface area contributed by atoms with Crippen LogP contribution in [0.3, 0.4) is 0 Å². The normalized spacial score (nSPS) is 12.6. The minimum Gasteiger partial charge on any atom is -0.542 e. The Morgan fingerprint density at radius 1 is 1.07 bits per heavy atom. The molecule has 0 aromatic heterocycles. The largest absolute Gasteiger partial charge is 0.542 e. The van der Waals surface area contributed by atoms with Gasteiger partial charge in [0.25, 0.3) is 14.2 Å². The molecule has 0 spiro atoms. The van der Waals surface area contributed by atoms with Crippen molar-refractivity contribution >= 4 is 51.8 Å². The van der Waals surface area contributed by atoms with Gasteiger partial charge in [0.1, 0.15) is 12.3 Å². The summed E-state index contributed by atoms with van der Waals surface area (Å²) in [4.78, 5) is 11.0. The number of nitrogens with zero attached hydrogens (tertiary/aromatic N) is 1. The van der Waals surface area contributed by atoms with Gasteiger partial charge in [0.2, 0.25) is 0 Å². The van der Waals surface area contributed by atoms with Crippen molar-refractivity contribution in [3.63, 3.8) is 0 Å². The third-order valence-electron chi connectivity index (χ3n) is 5.00. The number of para-hydroxylation sites is 2. The van der Waals surface area contributed by atoms with Gasteiger partial charge in [0.15, 0.2) is 0 Å². The summed E-state index contributed by atoms with van der Waals surface area (Å²) < 4.78 is 35.1. The number of alkyl halides is 3. The average Bonchev–Trinajstić information content (AvgIpc) is 2.58. The maximum Gasteiger partial charge on any atom is 0.319 e. The smallest absolute Gasteiger partial charge is 0.319 e. The predicted molar refractivity (Wildman–Crippen MR) is 124 cm³/mol. The van der Waals surface area contributed by atoms with Crippen molar-refractivity contribution in [3.8, 4) is 5.75 Å². The molecule has 0 heterocycles. The van der Waals surface area contributed by atoms with Gasteiger partial charge in [-0.25, -0.2) is 0 Å². The molecular formula is C21H25Br2F2NO2Si. The van der Waals surface area contributed by atoms with Gasteiger partial charge in [0, 0.05) is 10.0 Å². The van der Waals surface area contributed by atoms with E-state index in [1.165, 1.54) is 0 Å². The molecule has 0 saturated carbocycles. The van der Waals surface area contributed by atoms with Crippen molar-refractivity contribution in [2.24, 2.45) is 0 Å². The van der Waals surface area contributed by atoms with Crippen molar-refractivity contribution in [1.29, 1.82) is 0 Å². The molecule has 0 bridgehead atoms. The van der Waals surface area contributed by atoms with Gasteiger partial charge in [-0.2, -0.15) is 8.78 Å². The SMILES string of the molecule is CC(C)(C)[Si](C)(C)Oc1ccccc1N(CC(F)(F)Br)C(=O)c1ccc(Br)cc1. The molecule has 0 radical (unpaired) electrons. The highest BCUT2D eigenvalue weighted by molar-refractivity contribution is 9.10.